The molecule has 1 unspecified atom stereocenters. The zero-order chi connectivity index (χ0) is 26.1. The molecular weight excluding hydrogens is 498 g/mol. The number of benzene rings is 1. The highest BCUT2D eigenvalue weighted by molar-refractivity contribution is 7.13. The maximum absolute atomic E-state index is 13.0. The van der Waals surface area contributed by atoms with E-state index >= 15 is 0 Å². The first-order valence-electron chi connectivity index (χ1n) is 13.5. The van der Waals surface area contributed by atoms with Crippen LogP contribution in [0.3, 0.4) is 0 Å². The third-order valence-corrected chi connectivity index (χ3v) is 9.29. The van der Waals surface area contributed by atoms with Crippen molar-refractivity contribution >= 4 is 34.6 Å². The zero-order valence-electron chi connectivity index (χ0n) is 21.6. The second-order valence-electron chi connectivity index (χ2n) is 10.6. The standard InChI is InChI=1S/C28H35N7O2S/c29-22-7-6-20(24-5-3-16-38-24)17-23(22)32-25(36)21-18-30-26(31-19-21)35-13-4-8-28(35)9-14-34(15-10-28)27(37)33-11-1-2-12-33/h3,5-7,16-19,27,37H,1-2,4,8-15,29H2,(H,32,36). The summed E-state index contributed by atoms with van der Waals surface area (Å²) < 4.78 is 0. The monoisotopic (exact) mass is 533 g/mol. The molecule has 1 amide bonds. The van der Waals surface area contributed by atoms with Gasteiger partial charge in [-0.15, -0.1) is 11.3 Å². The lowest BCUT2D eigenvalue weighted by molar-refractivity contribution is -0.115. The lowest BCUT2D eigenvalue weighted by Gasteiger charge is -2.47. The summed E-state index contributed by atoms with van der Waals surface area (Å²) in [4.78, 5) is 30.1. The Balaban J connectivity index is 1.12. The number of aliphatic hydroxyl groups excluding tert-OH is 1. The highest BCUT2D eigenvalue weighted by Crippen LogP contribution is 2.40. The fourth-order valence-electron chi connectivity index (χ4n) is 6.18. The van der Waals surface area contributed by atoms with Crippen LogP contribution in [-0.2, 0) is 0 Å². The number of hydrogen-bond donors (Lipinski definition) is 3. The number of nitrogens with two attached hydrogens (primary N) is 1. The number of thiophene rings is 1. The number of hydrogen-bond acceptors (Lipinski definition) is 9. The third-order valence-electron chi connectivity index (χ3n) is 8.37. The van der Waals surface area contributed by atoms with E-state index in [2.05, 4.69) is 30.0 Å². The van der Waals surface area contributed by atoms with Crippen molar-refractivity contribution in [3.8, 4) is 10.4 Å². The van der Waals surface area contributed by atoms with E-state index in [1.807, 2.05) is 35.7 Å². The molecule has 0 bridgehead atoms. The second kappa shape index (κ2) is 10.6. The number of carbonyl (C=O) groups excluding carboxylic acids is 1. The van der Waals surface area contributed by atoms with Crippen LogP contribution in [0.25, 0.3) is 10.4 Å². The number of nitrogens with zero attached hydrogens (tertiary/aromatic N) is 5. The van der Waals surface area contributed by atoms with Gasteiger partial charge >= 0.3 is 0 Å². The summed E-state index contributed by atoms with van der Waals surface area (Å²) in [6.07, 6.45) is 9.23. The highest BCUT2D eigenvalue weighted by Gasteiger charge is 2.45. The van der Waals surface area contributed by atoms with E-state index in [1.165, 1.54) is 12.8 Å². The van der Waals surface area contributed by atoms with Crippen LogP contribution in [0.5, 0.6) is 0 Å². The normalized spacial score (nSPS) is 20.7. The topological polar surface area (TPSA) is 111 Å². The van der Waals surface area contributed by atoms with E-state index in [9.17, 15) is 9.90 Å². The molecule has 0 radical (unpaired) electrons. The lowest BCUT2D eigenvalue weighted by Crippen LogP contribution is -2.57. The lowest BCUT2D eigenvalue weighted by atomic mass is 9.85. The maximum atomic E-state index is 13.0. The van der Waals surface area contributed by atoms with Gasteiger partial charge in [-0.1, -0.05) is 12.1 Å². The average molecular weight is 534 g/mol. The molecule has 1 spiro atoms. The minimum absolute atomic E-state index is 0.0156. The van der Waals surface area contributed by atoms with E-state index in [4.69, 9.17) is 5.73 Å². The Morgan fingerprint density at radius 2 is 1.74 bits per heavy atom. The Hall–Kier alpha value is -3.05. The molecule has 3 fully saturated rings. The molecule has 9 nitrogen and oxygen atoms in total. The molecule has 3 saturated heterocycles. The smallest absolute Gasteiger partial charge is 0.258 e. The van der Waals surface area contributed by atoms with Crippen molar-refractivity contribution in [2.45, 2.75) is 50.4 Å². The number of likely N-dealkylation sites (tertiary alicyclic amines) is 2. The van der Waals surface area contributed by atoms with Crippen molar-refractivity contribution in [1.29, 1.82) is 0 Å². The summed E-state index contributed by atoms with van der Waals surface area (Å²) in [5.41, 5.74) is 8.65. The molecule has 6 rings (SSSR count). The van der Waals surface area contributed by atoms with E-state index in [-0.39, 0.29) is 11.4 Å². The molecule has 1 aromatic carbocycles. The van der Waals surface area contributed by atoms with Crippen molar-refractivity contribution in [3.63, 3.8) is 0 Å². The molecule has 200 valence electrons. The molecule has 10 heteroatoms. The van der Waals surface area contributed by atoms with E-state index in [0.717, 1.165) is 68.8 Å². The number of carbonyl (C=O) groups is 1. The molecule has 38 heavy (non-hydrogen) atoms. The molecule has 3 aliphatic heterocycles. The van der Waals surface area contributed by atoms with Crippen LogP contribution in [-0.4, -0.2) is 75.4 Å². The van der Waals surface area contributed by atoms with Crippen LogP contribution in [0.4, 0.5) is 17.3 Å². The summed E-state index contributed by atoms with van der Waals surface area (Å²) in [6, 6.07) is 9.71. The van der Waals surface area contributed by atoms with E-state index in [0.29, 0.717) is 22.9 Å². The minimum atomic E-state index is -0.473. The first-order chi connectivity index (χ1) is 18.5. The number of aromatic nitrogens is 2. The van der Waals surface area contributed by atoms with Crippen LogP contribution in [0.1, 0.15) is 48.9 Å². The second-order valence-corrected chi connectivity index (χ2v) is 11.6. The van der Waals surface area contributed by atoms with Gasteiger partial charge in [-0.3, -0.25) is 14.6 Å². The van der Waals surface area contributed by atoms with Crippen molar-refractivity contribution < 1.29 is 9.90 Å². The van der Waals surface area contributed by atoms with Crippen LogP contribution < -0.4 is 16.0 Å². The Kier molecular flexibility index (Phi) is 7.05. The molecule has 2 aromatic heterocycles. The molecule has 1 atom stereocenters. The number of amides is 1. The Morgan fingerprint density at radius 3 is 2.45 bits per heavy atom. The molecular formula is C28H35N7O2S. The van der Waals surface area contributed by atoms with Gasteiger partial charge in [0.25, 0.3) is 5.91 Å². The highest BCUT2D eigenvalue weighted by atomic mass is 32.1. The molecule has 3 aliphatic rings. The fraction of sp³-hybridized carbons (Fsp3) is 0.464. The number of nitrogens with one attached hydrogen (secondary N) is 1. The SMILES string of the molecule is Nc1ccc(-c2cccs2)cc1NC(=O)c1cnc(N2CCCC23CCN(C(O)N2CCCC2)CC3)nc1. The molecule has 4 N–H and O–H groups in total. The predicted molar refractivity (Wildman–Crippen MR) is 151 cm³/mol. The first-order valence-corrected chi connectivity index (χ1v) is 14.4. The summed E-state index contributed by atoms with van der Waals surface area (Å²) >= 11 is 1.64. The quantitative estimate of drug-likeness (QED) is 0.410. The van der Waals surface area contributed by atoms with Gasteiger partial charge in [0.1, 0.15) is 0 Å². The van der Waals surface area contributed by atoms with Crippen molar-refractivity contribution in [1.82, 2.24) is 19.8 Å². The van der Waals surface area contributed by atoms with Gasteiger partial charge < -0.3 is 21.1 Å². The van der Waals surface area contributed by atoms with Crippen LogP contribution in [0, 0.1) is 0 Å². The van der Waals surface area contributed by atoms with Gasteiger partial charge in [-0.25, -0.2) is 9.97 Å². The Morgan fingerprint density at radius 1 is 1.00 bits per heavy atom. The number of aliphatic hydroxyl groups is 1. The minimum Gasteiger partial charge on any atom is -0.397 e. The van der Waals surface area contributed by atoms with E-state index in [1.54, 1.807) is 23.7 Å². The number of anilines is 3. The summed E-state index contributed by atoms with van der Waals surface area (Å²) in [6.45, 7) is 4.60. The summed E-state index contributed by atoms with van der Waals surface area (Å²) in [5.74, 6) is 0.388. The van der Waals surface area contributed by atoms with Crippen molar-refractivity contribution in [2.75, 3.05) is 48.7 Å². The zero-order valence-corrected chi connectivity index (χ0v) is 22.4. The van der Waals surface area contributed by atoms with Crippen molar-refractivity contribution in [3.05, 3.63) is 53.7 Å². The first kappa shape index (κ1) is 25.2. The van der Waals surface area contributed by atoms with Gasteiger partial charge in [-0.2, -0.15) is 0 Å². The molecule has 5 heterocycles. The Labute approximate surface area is 227 Å². The number of piperidine rings is 1. The predicted octanol–water partition coefficient (Wildman–Crippen LogP) is 3.85. The van der Waals surface area contributed by atoms with Crippen molar-refractivity contribution in [2.24, 2.45) is 0 Å². The van der Waals surface area contributed by atoms with Gasteiger partial charge in [0, 0.05) is 55.5 Å². The summed E-state index contributed by atoms with van der Waals surface area (Å²) in [5, 5.41) is 15.8. The fourth-order valence-corrected chi connectivity index (χ4v) is 6.90. The van der Waals surface area contributed by atoms with E-state index < -0.39 is 6.35 Å². The molecule has 0 aliphatic carbocycles. The average Bonchev–Trinajstić information content (AvgIpc) is 3.73. The molecule has 0 saturated carbocycles. The van der Waals surface area contributed by atoms with Gasteiger partial charge in [-0.05, 0) is 67.7 Å². The number of rotatable bonds is 6. The van der Waals surface area contributed by atoms with Gasteiger partial charge in [0.15, 0.2) is 6.35 Å². The van der Waals surface area contributed by atoms with Crippen LogP contribution >= 0.6 is 11.3 Å². The van der Waals surface area contributed by atoms with Gasteiger partial charge in [0.2, 0.25) is 5.95 Å². The molecule has 3 aromatic rings. The largest absolute Gasteiger partial charge is 0.397 e. The Bertz CT molecular complexity index is 1250. The van der Waals surface area contributed by atoms with Crippen LogP contribution in [0.15, 0.2) is 48.1 Å². The van der Waals surface area contributed by atoms with Gasteiger partial charge in [0.05, 0.1) is 16.9 Å². The number of nitrogen functional groups attached to an aromatic ring is 1. The van der Waals surface area contributed by atoms with Crippen LogP contribution in [0.2, 0.25) is 0 Å². The summed E-state index contributed by atoms with van der Waals surface area (Å²) in [7, 11) is 0. The maximum Gasteiger partial charge on any atom is 0.258 e. The third kappa shape index (κ3) is 4.89.